The van der Waals surface area contributed by atoms with Gasteiger partial charge in [-0.1, -0.05) is 17.7 Å². The van der Waals surface area contributed by atoms with Gasteiger partial charge in [-0.15, -0.1) is 0 Å². The van der Waals surface area contributed by atoms with Crippen molar-refractivity contribution in [3.05, 3.63) is 75.7 Å². The van der Waals surface area contributed by atoms with E-state index in [0.29, 0.717) is 41.7 Å². The molecule has 178 valence electrons. The lowest BCUT2D eigenvalue weighted by Crippen LogP contribution is -2.40. The smallest absolute Gasteiger partial charge is 0.275 e. The molecule has 0 atom stereocenters. The molecule has 0 radical (unpaired) electrons. The van der Waals surface area contributed by atoms with Gasteiger partial charge in [-0.2, -0.15) is 5.10 Å². The first-order valence-electron chi connectivity index (χ1n) is 11.6. The first-order valence-corrected chi connectivity index (χ1v) is 11.9. The summed E-state index contributed by atoms with van der Waals surface area (Å²) in [6.45, 7) is 2.77. The van der Waals surface area contributed by atoms with Gasteiger partial charge in [-0.05, 0) is 43.5 Å². The molecule has 4 aromatic rings. The van der Waals surface area contributed by atoms with Gasteiger partial charge in [0.1, 0.15) is 11.2 Å². The third-order valence-electron chi connectivity index (χ3n) is 7.13. The van der Waals surface area contributed by atoms with Crippen LogP contribution in [0.25, 0.3) is 10.9 Å². The Kier molecular flexibility index (Phi) is 4.93. The lowest BCUT2D eigenvalue weighted by Gasteiger charge is -2.29. The summed E-state index contributed by atoms with van der Waals surface area (Å²) in [6.07, 6.45) is 5.75. The summed E-state index contributed by atoms with van der Waals surface area (Å²) in [5.74, 6) is 0.316. The predicted molar refractivity (Wildman–Crippen MR) is 130 cm³/mol. The highest BCUT2D eigenvalue weighted by Crippen LogP contribution is 2.49. The Bertz CT molecular complexity index is 1470. The lowest BCUT2D eigenvalue weighted by molar-refractivity contribution is 0.0674. The number of fused-ring (bicyclic) bond motifs is 2. The van der Waals surface area contributed by atoms with E-state index in [9.17, 15) is 9.59 Å². The number of benzene rings is 1. The molecule has 4 heterocycles. The van der Waals surface area contributed by atoms with E-state index in [1.54, 1.807) is 41.4 Å². The van der Waals surface area contributed by atoms with E-state index < -0.39 is 5.54 Å². The van der Waals surface area contributed by atoms with Crippen molar-refractivity contribution in [3.63, 3.8) is 0 Å². The van der Waals surface area contributed by atoms with E-state index in [-0.39, 0.29) is 11.8 Å². The molecule has 10 heteroatoms. The van der Waals surface area contributed by atoms with Crippen LogP contribution >= 0.6 is 11.6 Å². The molecule has 0 saturated heterocycles. The first-order chi connectivity index (χ1) is 16.9. The summed E-state index contributed by atoms with van der Waals surface area (Å²) < 4.78 is 0. The Morgan fingerprint density at radius 2 is 1.97 bits per heavy atom. The van der Waals surface area contributed by atoms with Crippen molar-refractivity contribution in [1.82, 2.24) is 34.9 Å². The average molecular weight is 490 g/mol. The second-order valence-corrected chi connectivity index (χ2v) is 9.78. The molecule has 9 nitrogen and oxygen atoms in total. The quantitative estimate of drug-likeness (QED) is 0.455. The van der Waals surface area contributed by atoms with Crippen molar-refractivity contribution in [3.8, 4) is 0 Å². The molecule has 35 heavy (non-hydrogen) atoms. The van der Waals surface area contributed by atoms with E-state index in [2.05, 4.69) is 25.1 Å². The summed E-state index contributed by atoms with van der Waals surface area (Å²) in [6, 6.07) is 7.31. The predicted octanol–water partition coefficient (Wildman–Crippen LogP) is 3.60. The third-order valence-corrected chi connectivity index (χ3v) is 7.46. The number of amides is 2. The fraction of sp³-hybridized carbons (Fsp3) is 0.320. The lowest BCUT2D eigenvalue weighted by atomic mass is 10.0. The summed E-state index contributed by atoms with van der Waals surface area (Å²) in [4.78, 5) is 42.5. The molecule has 1 aliphatic carbocycles. The van der Waals surface area contributed by atoms with E-state index in [4.69, 9.17) is 11.6 Å². The van der Waals surface area contributed by atoms with Crippen molar-refractivity contribution in [2.45, 2.75) is 38.3 Å². The summed E-state index contributed by atoms with van der Waals surface area (Å²) >= 11 is 6.28. The monoisotopic (exact) mass is 489 g/mol. The molecule has 1 aromatic carbocycles. The van der Waals surface area contributed by atoms with Crippen LogP contribution in [0.15, 0.2) is 36.7 Å². The van der Waals surface area contributed by atoms with Gasteiger partial charge in [0.15, 0.2) is 11.5 Å². The molecule has 0 spiro atoms. The molecule has 1 saturated carbocycles. The van der Waals surface area contributed by atoms with Gasteiger partial charge in [0.2, 0.25) is 0 Å². The summed E-state index contributed by atoms with van der Waals surface area (Å²) in [5, 5.41) is 8.78. The number of aromatic nitrogens is 5. The van der Waals surface area contributed by atoms with Crippen LogP contribution in [0.5, 0.6) is 0 Å². The van der Waals surface area contributed by atoms with Gasteiger partial charge in [0.25, 0.3) is 11.8 Å². The van der Waals surface area contributed by atoms with Gasteiger partial charge >= 0.3 is 0 Å². The molecule has 2 N–H and O–H groups in total. The Balaban J connectivity index is 1.25. The molecular formula is C25H24ClN7O2. The number of rotatable bonds is 4. The van der Waals surface area contributed by atoms with Crippen LogP contribution in [0.3, 0.4) is 0 Å². The highest BCUT2D eigenvalue weighted by atomic mass is 35.5. The molecule has 0 bridgehead atoms. The maximum absolute atomic E-state index is 13.6. The van der Waals surface area contributed by atoms with Crippen molar-refractivity contribution >= 4 is 34.3 Å². The van der Waals surface area contributed by atoms with Crippen LogP contribution in [0, 0.1) is 6.92 Å². The Labute approximate surface area is 206 Å². The number of carbonyl (C=O) groups excluding carboxylic acids is 2. The third kappa shape index (κ3) is 3.49. The molecule has 3 aromatic heterocycles. The second kappa shape index (κ2) is 7.91. The highest BCUT2D eigenvalue weighted by Gasteiger charge is 2.53. The number of nitrogens with one attached hydrogen (secondary N) is 2. The Morgan fingerprint density at radius 3 is 2.69 bits per heavy atom. The molecule has 2 amide bonds. The number of hydrogen-bond donors (Lipinski definition) is 2. The van der Waals surface area contributed by atoms with Gasteiger partial charge in [-0.3, -0.25) is 14.7 Å². The van der Waals surface area contributed by atoms with E-state index in [0.717, 1.165) is 40.6 Å². The summed E-state index contributed by atoms with van der Waals surface area (Å²) in [7, 11) is 1.78. The zero-order valence-electron chi connectivity index (χ0n) is 19.4. The van der Waals surface area contributed by atoms with E-state index >= 15 is 0 Å². The maximum Gasteiger partial charge on any atom is 0.275 e. The average Bonchev–Trinajstić information content (AvgIpc) is 3.37. The molecule has 1 fully saturated rings. The number of carbonyl (C=O) groups is 2. The Hall–Kier alpha value is -3.72. The van der Waals surface area contributed by atoms with Gasteiger partial charge in [0.05, 0.1) is 6.54 Å². The van der Waals surface area contributed by atoms with Crippen LogP contribution in [0.4, 0.5) is 0 Å². The van der Waals surface area contributed by atoms with E-state index in [1.807, 2.05) is 19.1 Å². The van der Waals surface area contributed by atoms with Gasteiger partial charge < -0.3 is 14.8 Å². The number of hydrogen-bond acceptors (Lipinski definition) is 5. The van der Waals surface area contributed by atoms with Crippen LogP contribution in [0.2, 0.25) is 5.02 Å². The SMILES string of the molecule is Cc1cnc(C2(N(C)C(=O)c3n[nH]c4c3CN(C(=O)c3cc5c(Cl)cccc5[nH]3)CC4)CC2)nc1. The molecule has 0 unspecified atom stereocenters. The fourth-order valence-corrected chi connectivity index (χ4v) is 5.09. The fourth-order valence-electron chi connectivity index (χ4n) is 4.86. The number of nitrogens with zero attached hydrogens (tertiary/aromatic N) is 5. The van der Waals surface area contributed by atoms with Gasteiger partial charge in [-0.25, -0.2) is 9.97 Å². The van der Waals surface area contributed by atoms with Gasteiger partial charge in [0, 0.05) is 59.6 Å². The number of halogens is 1. The van der Waals surface area contributed by atoms with Crippen LogP contribution < -0.4 is 0 Å². The highest BCUT2D eigenvalue weighted by molar-refractivity contribution is 6.35. The minimum Gasteiger partial charge on any atom is -0.350 e. The van der Waals surface area contributed by atoms with Crippen LogP contribution in [-0.4, -0.2) is 60.4 Å². The maximum atomic E-state index is 13.6. The minimum absolute atomic E-state index is 0.136. The van der Waals surface area contributed by atoms with E-state index in [1.165, 1.54) is 0 Å². The van der Waals surface area contributed by atoms with Crippen molar-refractivity contribution in [1.29, 1.82) is 0 Å². The molecular weight excluding hydrogens is 466 g/mol. The zero-order valence-corrected chi connectivity index (χ0v) is 20.2. The number of aromatic amines is 2. The van der Waals surface area contributed by atoms with Crippen molar-refractivity contribution in [2.75, 3.05) is 13.6 Å². The first kappa shape index (κ1) is 21.8. The van der Waals surface area contributed by atoms with Crippen molar-refractivity contribution in [2.24, 2.45) is 0 Å². The molecule has 6 rings (SSSR count). The molecule has 1 aliphatic heterocycles. The summed E-state index contributed by atoms with van der Waals surface area (Å²) in [5.41, 5.74) is 3.74. The minimum atomic E-state index is -0.510. The number of aryl methyl sites for hydroxylation is 1. The zero-order chi connectivity index (χ0) is 24.3. The standard InChI is InChI=1S/C25H24ClN7O2/c1-14-11-27-24(28-12-14)25(7-8-25)32(2)23(35)21-16-13-33(9-6-19(16)30-31-21)22(34)20-10-15-17(26)4-3-5-18(15)29-20/h3-5,10-12,29H,6-9,13H2,1-2H3,(H,30,31). The molecule has 2 aliphatic rings. The van der Waals surface area contributed by atoms with Crippen LogP contribution in [-0.2, 0) is 18.5 Å². The second-order valence-electron chi connectivity index (χ2n) is 9.37. The largest absolute Gasteiger partial charge is 0.350 e. The topological polar surface area (TPSA) is 111 Å². The number of H-pyrrole nitrogens is 2. The van der Waals surface area contributed by atoms with Crippen molar-refractivity contribution < 1.29 is 9.59 Å². The van der Waals surface area contributed by atoms with Crippen LogP contribution in [0.1, 0.15) is 56.5 Å². The Morgan fingerprint density at radius 1 is 1.20 bits per heavy atom. The normalized spacial score (nSPS) is 16.3.